The molecule has 29 heavy (non-hydrogen) atoms. The number of halogens is 3. The fourth-order valence-electron chi connectivity index (χ4n) is 2.49. The summed E-state index contributed by atoms with van der Waals surface area (Å²) in [4.78, 5) is 11.5. The number of rotatable bonds is 4. The molecule has 152 valence electrons. The van der Waals surface area contributed by atoms with Gasteiger partial charge in [-0.1, -0.05) is 6.07 Å². The van der Waals surface area contributed by atoms with E-state index in [0.717, 1.165) is 29.8 Å². The van der Waals surface area contributed by atoms with Crippen LogP contribution < -0.4 is 5.32 Å². The molecule has 1 amide bonds. The third-order valence-electron chi connectivity index (χ3n) is 4.05. The van der Waals surface area contributed by atoms with Gasteiger partial charge in [-0.3, -0.25) is 4.79 Å². The van der Waals surface area contributed by atoms with Crippen molar-refractivity contribution in [2.45, 2.75) is 24.3 Å². The van der Waals surface area contributed by atoms with Crippen LogP contribution in [0.5, 0.6) is 0 Å². The van der Waals surface area contributed by atoms with E-state index in [4.69, 9.17) is 0 Å². The molecule has 3 rings (SSSR count). The largest absolute Gasteiger partial charge is 0.501 e. The van der Waals surface area contributed by atoms with Crippen LogP contribution in [0.1, 0.15) is 21.7 Å². The molecule has 0 radical (unpaired) electrons. The lowest BCUT2D eigenvalue weighted by Crippen LogP contribution is -2.23. The number of nitrogens with one attached hydrogen (secondary N) is 1. The van der Waals surface area contributed by atoms with Gasteiger partial charge in [0.05, 0.1) is 10.6 Å². The maximum absolute atomic E-state index is 12.6. The second kappa shape index (κ2) is 7.28. The SMILES string of the molecule is Cc1ccc(NC(=O)c2ccc(S(=O)(=O)C(F)(F)F)cc2)cc1-n1nnnc1C. The van der Waals surface area contributed by atoms with E-state index in [1.807, 2.05) is 6.92 Å². The molecule has 0 unspecified atom stereocenters. The molecule has 0 fully saturated rings. The number of sulfone groups is 1. The van der Waals surface area contributed by atoms with E-state index in [1.54, 1.807) is 25.1 Å². The predicted octanol–water partition coefficient (Wildman–Crippen LogP) is 2.82. The van der Waals surface area contributed by atoms with Crippen LogP contribution in [-0.2, 0) is 9.84 Å². The smallest absolute Gasteiger partial charge is 0.322 e. The Labute approximate surface area is 163 Å². The lowest BCUT2D eigenvalue weighted by Gasteiger charge is -2.11. The summed E-state index contributed by atoms with van der Waals surface area (Å²) in [6, 6.07) is 8.51. The third kappa shape index (κ3) is 3.97. The summed E-state index contributed by atoms with van der Waals surface area (Å²) < 4.78 is 62.1. The molecule has 12 heteroatoms. The van der Waals surface area contributed by atoms with E-state index in [-0.39, 0.29) is 5.56 Å². The highest BCUT2D eigenvalue weighted by atomic mass is 32.2. The van der Waals surface area contributed by atoms with Gasteiger partial charge < -0.3 is 5.32 Å². The molecule has 0 aliphatic carbocycles. The van der Waals surface area contributed by atoms with E-state index < -0.39 is 26.1 Å². The van der Waals surface area contributed by atoms with Crippen molar-refractivity contribution in [1.29, 1.82) is 0 Å². The summed E-state index contributed by atoms with van der Waals surface area (Å²) in [5.41, 5.74) is -3.54. The highest BCUT2D eigenvalue weighted by molar-refractivity contribution is 7.92. The number of aromatic nitrogens is 4. The Morgan fingerprint density at radius 3 is 2.28 bits per heavy atom. The molecule has 3 aromatic rings. The number of carbonyl (C=O) groups excluding carboxylic acids is 1. The molecule has 0 saturated heterocycles. The maximum Gasteiger partial charge on any atom is 0.501 e. The summed E-state index contributed by atoms with van der Waals surface area (Å²) in [7, 11) is -5.47. The average molecular weight is 425 g/mol. The van der Waals surface area contributed by atoms with Crippen LogP contribution in [0.4, 0.5) is 18.9 Å². The number of anilines is 1. The highest BCUT2D eigenvalue weighted by Crippen LogP contribution is 2.30. The molecule has 1 N–H and O–H groups in total. The first-order valence-electron chi connectivity index (χ1n) is 8.09. The first kappa shape index (κ1) is 20.5. The maximum atomic E-state index is 12.6. The van der Waals surface area contributed by atoms with Gasteiger partial charge >= 0.3 is 5.51 Å². The summed E-state index contributed by atoms with van der Waals surface area (Å²) in [5.74, 6) is -0.0813. The second-order valence-electron chi connectivity index (χ2n) is 6.07. The molecule has 1 heterocycles. The van der Waals surface area contributed by atoms with Crippen LogP contribution in [-0.4, -0.2) is 40.0 Å². The first-order valence-corrected chi connectivity index (χ1v) is 9.58. The summed E-state index contributed by atoms with van der Waals surface area (Å²) in [5, 5.41) is 13.8. The normalized spacial score (nSPS) is 12.0. The van der Waals surface area contributed by atoms with Crippen LogP contribution in [0.15, 0.2) is 47.4 Å². The van der Waals surface area contributed by atoms with Crippen LogP contribution in [0.2, 0.25) is 0 Å². The highest BCUT2D eigenvalue weighted by Gasteiger charge is 2.46. The summed E-state index contributed by atoms with van der Waals surface area (Å²) >= 11 is 0. The third-order valence-corrected chi connectivity index (χ3v) is 5.55. The Morgan fingerprint density at radius 1 is 1.07 bits per heavy atom. The van der Waals surface area contributed by atoms with Crippen LogP contribution in [0.25, 0.3) is 5.69 Å². The van der Waals surface area contributed by atoms with Gasteiger partial charge in [-0.2, -0.15) is 17.9 Å². The number of hydrogen-bond acceptors (Lipinski definition) is 6. The number of carbonyl (C=O) groups is 1. The fourth-order valence-corrected chi connectivity index (χ4v) is 3.25. The molecule has 0 aliphatic heterocycles. The minimum atomic E-state index is -5.47. The number of tetrazole rings is 1. The summed E-state index contributed by atoms with van der Waals surface area (Å²) in [6.07, 6.45) is 0. The van der Waals surface area contributed by atoms with Crippen molar-refractivity contribution in [2.75, 3.05) is 5.32 Å². The van der Waals surface area contributed by atoms with Crippen LogP contribution >= 0.6 is 0 Å². The van der Waals surface area contributed by atoms with Crippen molar-refractivity contribution >= 4 is 21.4 Å². The first-order chi connectivity index (χ1) is 13.5. The van der Waals surface area contributed by atoms with Gasteiger partial charge in [0.1, 0.15) is 0 Å². The van der Waals surface area contributed by atoms with Crippen molar-refractivity contribution in [1.82, 2.24) is 20.2 Å². The van der Waals surface area contributed by atoms with Crippen molar-refractivity contribution in [3.05, 3.63) is 59.4 Å². The van der Waals surface area contributed by atoms with Crippen molar-refractivity contribution in [3.8, 4) is 5.69 Å². The Bertz CT molecular complexity index is 1170. The molecule has 0 aliphatic rings. The molecule has 0 spiro atoms. The molecular weight excluding hydrogens is 411 g/mol. The molecule has 8 nitrogen and oxygen atoms in total. The predicted molar refractivity (Wildman–Crippen MR) is 96.3 cm³/mol. The van der Waals surface area contributed by atoms with Crippen molar-refractivity contribution < 1.29 is 26.4 Å². The number of alkyl halides is 3. The Balaban J connectivity index is 1.84. The molecule has 2 aromatic carbocycles. The van der Waals surface area contributed by atoms with Crippen LogP contribution in [0.3, 0.4) is 0 Å². The standard InChI is InChI=1S/C17H14F3N5O3S/c1-10-3-6-13(9-15(10)25-11(2)22-23-24-25)21-16(26)12-4-7-14(8-5-12)29(27,28)17(18,19)20/h3-9H,1-2H3,(H,21,26). The van der Waals surface area contributed by atoms with E-state index in [1.165, 1.54) is 4.68 Å². The minimum absolute atomic E-state index is 0.00754. The molecular formula is C17H14F3N5O3S. The molecule has 0 saturated carbocycles. The number of benzene rings is 2. The van der Waals surface area contributed by atoms with Crippen LogP contribution in [0, 0.1) is 13.8 Å². The number of amides is 1. The molecule has 0 atom stereocenters. The van der Waals surface area contributed by atoms with E-state index in [9.17, 15) is 26.4 Å². The second-order valence-corrected chi connectivity index (χ2v) is 8.01. The van der Waals surface area contributed by atoms with Gasteiger partial charge in [0, 0.05) is 11.3 Å². The molecule has 0 bridgehead atoms. The lowest BCUT2D eigenvalue weighted by molar-refractivity contribution is -0.0436. The van der Waals surface area contributed by atoms with Gasteiger partial charge in [0.25, 0.3) is 15.7 Å². The zero-order chi connectivity index (χ0) is 21.4. The van der Waals surface area contributed by atoms with Crippen molar-refractivity contribution in [2.24, 2.45) is 0 Å². The number of hydrogen-bond donors (Lipinski definition) is 1. The monoisotopic (exact) mass is 425 g/mol. The average Bonchev–Trinajstić information content (AvgIpc) is 3.08. The molecule has 1 aromatic heterocycles. The van der Waals surface area contributed by atoms with Gasteiger partial charge in [0.2, 0.25) is 0 Å². The Hall–Kier alpha value is -3.28. The topological polar surface area (TPSA) is 107 Å². The number of aryl methyl sites for hydroxylation is 2. The van der Waals surface area contributed by atoms with Gasteiger partial charge in [-0.05, 0) is 66.2 Å². The van der Waals surface area contributed by atoms with E-state index >= 15 is 0 Å². The van der Waals surface area contributed by atoms with E-state index in [0.29, 0.717) is 17.2 Å². The van der Waals surface area contributed by atoms with Gasteiger partial charge in [0.15, 0.2) is 5.82 Å². The lowest BCUT2D eigenvalue weighted by atomic mass is 10.1. The van der Waals surface area contributed by atoms with E-state index in [2.05, 4.69) is 20.8 Å². The fraction of sp³-hybridized carbons (Fsp3) is 0.176. The quantitative estimate of drug-likeness (QED) is 0.689. The van der Waals surface area contributed by atoms with Gasteiger partial charge in [-0.15, -0.1) is 5.10 Å². The zero-order valence-corrected chi connectivity index (χ0v) is 15.9. The van der Waals surface area contributed by atoms with Gasteiger partial charge in [-0.25, -0.2) is 8.42 Å². The zero-order valence-electron chi connectivity index (χ0n) is 15.1. The Kier molecular flexibility index (Phi) is 5.13. The van der Waals surface area contributed by atoms with Crippen molar-refractivity contribution in [3.63, 3.8) is 0 Å². The number of nitrogens with zero attached hydrogens (tertiary/aromatic N) is 4. The minimum Gasteiger partial charge on any atom is -0.322 e. The summed E-state index contributed by atoms with van der Waals surface area (Å²) in [6.45, 7) is 3.54. The Morgan fingerprint density at radius 2 is 1.72 bits per heavy atom.